The molecule has 1 heterocycles. The van der Waals surface area contributed by atoms with Crippen molar-refractivity contribution in [3.63, 3.8) is 0 Å². The molecule has 1 aromatic carbocycles. The first kappa shape index (κ1) is 12.2. The molecule has 1 aliphatic carbocycles. The SMILES string of the molecule is [2H]C1=C(Cl)C(=O)C(Cl)=C2C1=Nc1ccc(O)cc1C2(C)C. The predicted octanol–water partition coefficient (Wildman–Crippen LogP) is 3.95. The molecule has 3 rings (SSSR count). The topological polar surface area (TPSA) is 49.7 Å². The summed E-state index contributed by atoms with van der Waals surface area (Å²) in [6, 6.07) is 4.67. The van der Waals surface area contributed by atoms with Gasteiger partial charge in [0, 0.05) is 11.0 Å². The number of hydrogen-bond acceptors (Lipinski definition) is 3. The molecular formula is C15H11Cl2NO2. The highest BCUT2D eigenvalue weighted by Crippen LogP contribution is 2.47. The van der Waals surface area contributed by atoms with Crippen LogP contribution in [0.4, 0.5) is 5.69 Å². The van der Waals surface area contributed by atoms with Crippen LogP contribution in [0.2, 0.25) is 0 Å². The van der Waals surface area contributed by atoms with Crippen molar-refractivity contribution in [1.82, 2.24) is 0 Å². The Morgan fingerprint density at radius 3 is 2.75 bits per heavy atom. The lowest BCUT2D eigenvalue weighted by atomic mass is 9.71. The van der Waals surface area contributed by atoms with Crippen molar-refractivity contribution in [3.8, 4) is 5.75 Å². The van der Waals surface area contributed by atoms with Crippen molar-refractivity contribution in [1.29, 1.82) is 0 Å². The molecule has 0 unspecified atom stereocenters. The fourth-order valence-corrected chi connectivity index (χ4v) is 3.22. The maximum atomic E-state index is 12.1. The molecule has 1 N–H and O–H groups in total. The summed E-state index contributed by atoms with van der Waals surface area (Å²) < 4.78 is 8.04. The number of halogens is 2. The predicted molar refractivity (Wildman–Crippen MR) is 80.0 cm³/mol. The Morgan fingerprint density at radius 1 is 1.35 bits per heavy atom. The van der Waals surface area contributed by atoms with Gasteiger partial charge in [0.15, 0.2) is 0 Å². The van der Waals surface area contributed by atoms with E-state index in [4.69, 9.17) is 24.6 Å². The normalized spacial score (nSPS) is 21.3. The third kappa shape index (κ3) is 1.74. The van der Waals surface area contributed by atoms with Crippen molar-refractivity contribution < 1.29 is 11.3 Å². The monoisotopic (exact) mass is 308 g/mol. The standard InChI is InChI=1S/C15H11Cl2NO2/c1-15(2)8-5-7(19)3-4-10(8)18-11-6-9(16)14(20)13(17)12(11)15/h3-6,19H,1-2H3/i6D. The molecule has 1 aromatic rings. The number of rotatable bonds is 0. The van der Waals surface area contributed by atoms with Crippen LogP contribution in [-0.2, 0) is 10.2 Å². The summed E-state index contributed by atoms with van der Waals surface area (Å²) >= 11 is 12.1. The van der Waals surface area contributed by atoms with Crippen LogP contribution in [0.1, 0.15) is 20.8 Å². The van der Waals surface area contributed by atoms with E-state index in [1.807, 2.05) is 13.8 Å². The van der Waals surface area contributed by atoms with Crippen molar-refractivity contribution in [2.24, 2.45) is 4.99 Å². The van der Waals surface area contributed by atoms with Crippen LogP contribution in [0.3, 0.4) is 0 Å². The average molecular weight is 309 g/mol. The molecule has 0 fully saturated rings. The Kier molecular flexibility index (Phi) is 2.56. The van der Waals surface area contributed by atoms with E-state index in [0.717, 1.165) is 5.56 Å². The van der Waals surface area contributed by atoms with Crippen LogP contribution in [0.15, 0.2) is 44.9 Å². The molecule has 0 saturated heterocycles. The highest BCUT2D eigenvalue weighted by Gasteiger charge is 2.40. The number of aromatic hydroxyl groups is 1. The maximum absolute atomic E-state index is 12.1. The number of nitrogens with zero attached hydrogens (tertiary/aromatic N) is 1. The highest BCUT2D eigenvalue weighted by molar-refractivity contribution is 6.58. The summed E-state index contributed by atoms with van der Waals surface area (Å²) in [5.41, 5.74) is 1.50. The lowest BCUT2D eigenvalue weighted by molar-refractivity contribution is -0.111. The summed E-state index contributed by atoms with van der Waals surface area (Å²) in [7, 11) is 0. The molecule has 0 radical (unpaired) electrons. The van der Waals surface area contributed by atoms with Crippen molar-refractivity contribution >= 4 is 40.4 Å². The Labute approximate surface area is 127 Å². The third-order valence-corrected chi connectivity index (χ3v) is 4.22. The minimum Gasteiger partial charge on any atom is -0.508 e. The first-order chi connectivity index (χ1) is 9.75. The van der Waals surface area contributed by atoms with Gasteiger partial charge in [-0.25, -0.2) is 4.99 Å². The lowest BCUT2D eigenvalue weighted by Gasteiger charge is -2.35. The zero-order chi connectivity index (χ0) is 15.5. The van der Waals surface area contributed by atoms with Gasteiger partial charge in [0.05, 0.1) is 22.8 Å². The van der Waals surface area contributed by atoms with E-state index in [-0.39, 0.29) is 21.9 Å². The first-order valence-electron chi connectivity index (χ1n) is 6.49. The number of phenols is 1. The summed E-state index contributed by atoms with van der Waals surface area (Å²) in [5, 5.41) is 9.46. The number of carbonyl (C=O) groups is 1. The van der Waals surface area contributed by atoms with Gasteiger partial charge in [-0.3, -0.25) is 4.79 Å². The fourth-order valence-electron chi connectivity index (χ4n) is 2.57. The van der Waals surface area contributed by atoms with Crippen LogP contribution >= 0.6 is 23.2 Å². The minimum atomic E-state index is -0.665. The lowest BCUT2D eigenvalue weighted by Crippen LogP contribution is -2.32. The van der Waals surface area contributed by atoms with Gasteiger partial charge in [-0.1, -0.05) is 37.0 Å². The Hall–Kier alpha value is -1.58. The summed E-state index contributed by atoms with van der Waals surface area (Å²) in [4.78, 5) is 16.5. The number of ketones is 1. The zero-order valence-electron chi connectivity index (χ0n) is 11.8. The minimum absolute atomic E-state index is 0.0197. The summed E-state index contributed by atoms with van der Waals surface area (Å²) in [6.07, 6.45) is 0. The van der Waals surface area contributed by atoms with Gasteiger partial charge in [0.1, 0.15) is 5.75 Å². The van der Waals surface area contributed by atoms with E-state index in [1.54, 1.807) is 12.1 Å². The summed E-state index contributed by atoms with van der Waals surface area (Å²) in [6.45, 7) is 3.74. The molecule has 0 saturated carbocycles. The summed E-state index contributed by atoms with van der Waals surface area (Å²) in [5.74, 6) is -0.451. The number of hydrogen-bond donors (Lipinski definition) is 1. The molecule has 0 aromatic heterocycles. The Balaban J connectivity index is 2.40. The first-order valence-corrected chi connectivity index (χ1v) is 6.75. The van der Waals surface area contributed by atoms with Gasteiger partial charge in [0.2, 0.25) is 5.78 Å². The van der Waals surface area contributed by atoms with E-state index in [1.165, 1.54) is 6.07 Å². The molecule has 102 valence electrons. The van der Waals surface area contributed by atoms with E-state index in [9.17, 15) is 9.90 Å². The Morgan fingerprint density at radius 2 is 2.05 bits per heavy atom. The fraction of sp³-hybridized carbons (Fsp3) is 0.200. The third-order valence-electron chi connectivity index (χ3n) is 3.59. The second kappa shape index (κ2) is 4.21. The molecule has 0 spiro atoms. The molecule has 3 nitrogen and oxygen atoms in total. The molecule has 0 atom stereocenters. The maximum Gasteiger partial charge on any atom is 0.216 e. The van der Waals surface area contributed by atoms with Gasteiger partial charge in [-0.2, -0.15) is 0 Å². The number of allylic oxidation sites excluding steroid dienone is 4. The molecule has 1 aliphatic heterocycles. The number of aliphatic imine (C=N–C) groups is 1. The highest BCUT2D eigenvalue weighted by atomic mass is 35.5. The molecule has 0 bridgehead atoms. The van der Waals surface area contributed by atoms with Gasteiger partial charge in [-0.15, -0.1) is 0 Å². The molecule has 20 heavy (non-hydrogen) atoms. The zero-order valence-corrected chi connectivity index (χ0v) is 12.3. The van der Waals surface area contributed by atoms with Crippen LogP contribution < -0.4 is 0 Å². The Bertz CT molecular complexity index is 791. The second-order valence-electron chi connectivity index (χ2n) is 5.24. The van der Waals surface area contributed by atoms with E-state index < -0.39 is 11.2 Å². The molecular weight excluding hydrogens is 297 g/mol. The molecule has 0 amide bonds. The van der Waals surface area contributed by atoms with Crippen LogP contribution in [0.5, 0.6) is 5.75 Å². The van der Waals surface area contributed by atoms with E-state index in [2.05, 4.69) is 4.99 Å². The van der Waals surface area contributed by atoms with E-state index in [0.29, 0.717) is 17.0 Å². The van der Waals surface area contributed by atoms with Gasteiger partial charge >= 0.3 is 0 Å². The van der Waals surface area contributed by atoms with Gasteiger partial charge < -0.3 is 5.11 Å². The van der Waals surface area contributed by atoms with Gasteiger partial charge in [0.25, 0.3) is 0 Å². The number of fused-ring (bicyclic) bond motifs is 2. The van der Waals surface area contributed by atoms with E-state index >= 15 is 0 Å². The van der Waals surface area contributed by atoms with Crippen molar-refractivity contribution in [3.05, 3.63) is 45.5 Å². The molecule has 2 aliphatic rings. The van der Waals surface area contributed by atoms with Crippen LogP contribution in [-0.4, -0.2) is 16.6 Å². The van der Waals surface area contributed by atoms with Crippen LogP contribution in [0, 0.1) is 0 Å². The molecule has 5 heteroatoms. The largest absolute Gasteiger partial charge is 0.508 e. The number of carbonyl (C=O) groups excluding carboxylic acids is 1. The number of Topliss-reactive ketones (excluding diaryl/α,β-unsaturated/α-hetero) is 1. The average Bonchev–Trinajstić information content (AvgIpc) is 2.43. The van der Waals surface area contributed by atoms with Crippen molar-refractivity contribution in [2.75, 3.05) is 0 Å². The quantitative estimate of drug-likeness (QED) is 0.738. The van der Waals surface area contributed by atoms with Gasteiger partial charge in [-0.05, 0) is 29.8 Å². The smallest absolute Gasteiger partial charge is 0.216 e. The number of benzene rings is 1. The van der Waals surface area contributed by atoms with Crippen LogP contribution in [0.25, 0.3) is 0 Å². The second-order valence-corrected chi connectivity index (χ2v) is 6.00. The number of phenolic OH excluding ortho intramolecular Hbond substituents is 1. The van der Waals surface area contributed by atoms with Crippen molar-refractivity contribution in [2.45, 2.75) is 19.3 Å².